The zero-order valence-electron chi connectivity index (χ0n) is 11.0. The molecule has 0 aliphatic carbocycles. The molecule has 0 aliphatic rings. The van der Waals surface area contributed by atoms with Crippen LogP contribution in [0, 0.1) is 5.92 Å². The molecule has 3 nitrogen and oxygen atoms in total. The highest BCUT2D eigenvalue weighted by molar-refractivity contribution is 5.69. The molecular weight excluding hydrogens is 204 g/mol. The Morgan fingerprint density at radius 2 is 1.75 bits per heavy atom. The van der Waals surface area contributed by atoms with Crippen molar-refractivity contribution in [2.75, 3.05) is 20.3 Å². The number of hydrogen-bond donors (Lipinski definition) is 0. The lowest BCUT2D eigenvalue weighted by atomic mass is 10.1. The molecular formula is C13H26O3. The third kappa shape index (κ3) is 11.5. The third-order valence-corrected chi connectivity index (χ3v) is 2.42. The average molecular weight is 230 g/mol. The fourth-order valence-electron chi connectivity index (χ4n) is 1.43. The lowest BCUT2D eigenvalue weighted by molar-refractivity contribution is -0.143. The summed E-state index contributed by atoms with van der Waals surface area (Å²) in [4.78, 5) is 11.2. The van der Waals surface area contributed by atoms with Crippen LogP contribution in [-0.4, -0.2) is 26.3 Å². The van der Waals surface area contributed by atoms with Gasteiger partial charge in [-0.3, -0.25) is 4.79 Å². The molecule has 0 spiro atoms. The van der Waals surface area contributed by atoms with E-state index in [1.807, 2.05) is 0 Å². The van der Waals surface area contributed by atoms with Crippen LogP contribution in [0.3, 0.4) is 0 Å². The first-order valence-corrected chi connectivity index (χ1v) is 6.31. The molecule has 0 bridgehead atoms. The Morgan fingerprint density at radius 3 is 2.38 bits per heavy atom. The van der Waals surface area contributed by atoms with E-state index in [1.165, 1.54) is 6.42 Å². The predicted octanol–water partition coefficient (Wildman–Crippen LogP) is 3.17. The van der Waals surface area contributed by atoms with Crippen LogP contribution in [0.15, 0.2) is 0 Å². The zero-order chi connectivity index (χ0) is 12.2. The standard InChI is InChI=1S/C13H26O3/c1-12(2)8-4-7-11-16-13(14)9-5-6-10-15-3/h12H,4-11H2,1-3H3. The van der Waals surface area contributed by atoms with Crippen LogP contribution >= 0.6 is 0 Å². The molecule has 0 aromatic carbocycles. The number of hydrogen-bond acceptors (Lipinski definition) is 3. The van der Waals surface area contributed by atoms with E-state index in [-0.39, 0.29) is 5.97 Å². The van der Waals surface area contributed by atoms with Gasteiger partial charge in [0, 0.05) is 20.1 Å². The van der Waals surface area contributed by atoms with Gasteiger partial charge >= 0.3 is 5.97 Å². The van der Waals surface area contributed by atoms with Crippen LogP contribution in [0.4, 0.5) is 0 Å². The summed E-state index contributed by atoms with van der Waals surface area (Å²) >= 11 is 0. The van der Waals surface area contributed by atoms with Crippen molar-refractivity contribution in [3.05, 3.63) is 0 Å². The number of unbranched alkanes of at least 4 members (excludes halogenated alkanes) is 2. The maximum atomic E-state index is 11.2. The summed E-state index contributed by atoms with van der Waals surface area (Å²) in [5.41, 5.74) is 0. The van der Waals surface area contributed by atoms with Gasteiger partial charge in [-0.2, -0.15) is 0 Å². The molecule has 0 aromatic rings. The molecule has 0 fully saturated rings. The second kappa shape index (κ2) is 10.9. The van der Waals surface area contributed by atoms with Gasteiger partial charge in [-0.1, -0.05) is 20.3 Å². The summed E-state index contributed by atoms with van der Waals surface area (Å²) in [5, 5.41) is 0. The van der Waals surface area contributed by atoms with Crippen molar-refractivity contribution in [1.29, 1.82) is 0 Å². The van der Waals surface area contributed by atoms with Gasteiger partial charge in [0.05, 0.1) is 6.61 Å². The molecule has 96 valence electrons. The molecule has 0 saturated carbocycles. The van der Waals surface area contributed by atoms with Crippen LogP contribution in [0.5, 0.6) is 0 Å². The predicted molar refractivity (Wildman–Crippen MR) is 65.4 cm³/mol. The molecule has 3 heteroatoms. The van der Waals surface area contributed by atoms with E-state index in [0.717, 1.165) is 38.2 Å². The summed E-state index contributed by atoms with van der Waals surface area (Å²) in [6, 6.07) is 0. The maximum absolute atomic E-state index is 11.2. The first kappa shape index (κ1) is 15.4. The Morgan fingerprint density at radius 1 is 1.06 bits per heavy atom. The van der Waals surface area contributed by atoms with Gasteiger partial charge in [-0.15, -0.1) is 0 Å². The highest BCUT2D eigenvalue weighted by Crippen LogP contribution is 2.06. The molecule has 0 aromatic heterocycles. The van der Waals surface area contributed by atoms with E-state index in [2.05, 4.69) is 13.8 Å². The van der Waals surface area contributed by atoms with E-state index in [4.69, 9.17) is 9.47 Å². The van der Waals surface area contributed by atoms with Crippen LogP contribution in [0.25, 0.3) is 0 Å². The Hall–Kier alpha value is -0.570. The lowest BCUT2D eigenvalue weighted by Gasteiger charge is -2.06. The minimum absolute atomic E-state index is 0.0688. The molecule has 0 amide bonds. The van der Waals surface area contributed by atoms with Crippen LogP contribution in [0.2, 0.25) is 0 Å². The molecule has 0 unspecified atom stereocenters. The minimum Gasteiger partial charge on any atom is -0.466 e. The Balaban J connectivity index is 3.17. The first-order chi connectivity index (χ1) is 7.66. The summed E-state index contributed by atoms with van der Waals surface area (Å²) in [7, 11) is 1.67. The number of esters is 1. The third-order valence-electron chi connectivity index (χ3n) is 2.42. The highest BCUT2D eigenvalue weighted by Gasteiger charge is 2.02. The summed E-state index contributed by atoms with van der Waals surface area (Å²) in [6.07, 6.45) is 5.66. The molecule has 0 radical (unpaired) electrons. The van der Waals surface area contributed by atoms with Crippen molar-refractivity contribution in [2.24, 2.45) is 5.92 Å². The highest BCUT2D eigenvalue weighted by atomic mass is 16.5. The summed E-state index contributed by atoms with van der Waals surface area (Å²) < 4.78 is 10.0. The molecule has 0 atom stereocenters. The molecule has 0 N–H and O–H groups in total. The fourth-order valence-corrected chi connectivity index (χ4v) is 1.43. The van der Waals surface area contributed by atoms with Crippen molar-refractivity contribution in [3.8, 4) is 0 Å². The lowest BCUT2D eigenvalue weighted by Crippen LogP contribution is -2.06. The van der Waals surface area contributed by atoms with Crippen molar-refractivity contribution < 1.29 is 14.3 Å². The topological polar surface area (TPSA) is 35.5 Å². The number of ether oxygens (including phenoxy) is 2. The first-order valence-electron chi connectivity index (χ1n) is 6.31. The van der Waals surface area contributed by atoms with Crippen LogP contribution in [0.1, 0.15) is 52.4 Å². The second-order valence-corrected chi connectivity index (χ2v) is 4.56. The van der Waals surface area contributed by atoms with E-state index in [9.17, 15) is 4.79 Å². The number of carbonyl (C=O) groups is 1. The van der Waals surface area contributed by atoms with E-state index in [1.54, 1.807) is 7.11 Å². The monoisotopic (exact) mass is 230 g/mol. The van der Waals surface area contributed by atoms with Gasteiger partial charge in [-0.25, -0.2) is 0 Å². The molecule has 16 heavy (non-hydrogen) atoms. The Kier molecular flexibility index (Phi) is 10.5. The van der Waals surface area contributed by atoms with Crippen molar-refractivity contribution in [3.63, 3.8) is 0 Å². The number of carbonyl (C=O) groups excluding carboxylic acids is 1. The van der Waals surface area contributed by atoms with Crippen molar-refractivity contribution in [1.82, 2.24) is 0 Å². The molecule has 0 rings (SSSR count). The van der Waals surface area contributed by atoms with Gasteiger partial charge in [0.25, 0.3) is 0 Å². The number of rotatable bonds is 10. The summed E-state index contributed by atoms with van der Waals surface area (Å²) in [6.45, 7) is 5.72. The Bertz CT molecular complexity index is 167. The summed E-state index contributed by atoms with van der Waals surface area (Å²) in [5.74, 6) is 0.672. The average Bonchev–Trinajstić information content (AvgIpc) is 2.23. The normalized spacial score (nSPS) is 10.8. The van der Waals surface area contributed by atoms with Crippen molar-refractivity contribution >= 4 is 5.97 Å². The van der Waals surface area contributed by atoms with Gasteiger partial charge in [0.15, 0.2) is 0 Å². The van der Waals surface area contributed by atoms with E-state index < -0.39 is 0 Å². The smallest absolute Gasteiger partial charge is 0.305 e. The number of methoxy groups -OCH3 is 1. The molecule has 0 heterocycles. The largest absolute Gasteiger partial charge is 0.466 e. The van der Waals surface area contributed by atoms with Crippen LogP contribution in [-0.2, 0) is 14.3 Å². The molecule has 0 aliphatic heterocycles. The minimum atomic E-state index is -0.0688. The van der Waals surface area contributed by atoms with Gasteiger partial charge in [0.2, 0.25) is 0 Å². The fraction of sp³-hybridized carbons (Fsp3) is 0.923. The van der Waals surface area contributed by atoms with Gasteiger partial charge < -0.3 is 9.47 Å². The van der Waals surface area contributed by atoms with Crippen molar-refractivity contribution in [2.45, 2.75) is 52.4 Å². The Labute approximate surface area is 99.5 Å². The quantitative estimate of drug-likeness (QED) is 0.427. The van der Waals surface area contributed by atoms with Gasteiger partial charge in [0.1, 0.15) is 0 Å². The second-order valence-electron chi connectivity index (χ2n) is 4.56. The van der Waals surface area contributed by atoms with Gasteiger partial charge in [-0.05, 0) is 31.6 Å². The van der Waals surface area contributed by atoms with E-state index in [0.29, 0.717) is 13.0 Å². The SMILES string of the molecule is COCCCCC(=O)OCCCCC(C)C. The zero-order valence-corrected chi connectivity index (χ0v) is 11.0. The van der Waals surface area contributed by atoms with Crippen LogP contribution < -0.4 is 0 Å². The maximum Gasteiger partial charge on any atom is 0.305 e. The molecule has 0 saturated heterocycles. The van der Waals surface area contributed by atoms with E-state index >= 15 is 0 Å².